The Hall–Kier alpha value is -3.47. The highest BCUT2D eigenvalue weighted by Crippen LogP contribution is 2.45. The zero-order valence-corrected chi connectivity index (χ0v) is 16.7. The van der Waals surface area contributed by atoms with Crippen molar-refractivity contribution in [2.75, 3.05) is 13.6 Å². The van der Waals surface area contributed by atoms with Gasteiger partial charge in [-0.3, -0.25) is 9.69 Å². The van der Waals surface area contributed by atoms with E-state index in [1.807, 2.05) is 30.3 Å². The van der Waals surface area contributed by atoms with Gasteiger partial charge in [-0.1, -0.05) is 36.4 Å². The first-order valence-electron chi connectivity index (χ1n) is 9.22. The molecule has 0 radical (unpaired) electrons. The molecular weight excluding hydrogens is 436 g/mol. The van der Waals surface area contributed by atoms with Crippen LogP contribution >= 0.6 is 0 Å². The number of nitrogens with two attached hydrogens (primary N) is 1. The molecule has 4 N–H and O–H groups in total. The third-order valence-corrected chi connectivity index (χ3v) is 5.11. The molecule has 32 heavy (non-hydrogen) atoms. The van der Waals surface area contributed by atoms with Crippen molar-refractivity contribution in [2.45, 2.75) is 24.1 Å². The van der Waals surface area contributed by atoms with E-state index in [-0.39, 0.29) is 11.1 Å². The van der Waals surface area contributed by atoms with Gasteiger partial charge in [-0.25, -0.2) is 14.0 Å². The van der Waals surface area contributed by atoms with E-state index in [0.29, 0.717) is 6.54 Å². The standard InChI is InChI=1S/C19H19FN2O3.C2HF3O2/c1-22-10-13(16-12(19(24)25)8-5-9-14(16)20)15(17(22)18(21)23)11-6-3-2-4-7-11;3-2(4,5)1(6)7/h2-9,13,15,17H,10H2,1H3,(H2,21,23)(H,24,25);(H,6,7)/t13?,15-,17-;/m0./s1. The second-order valence-corrected chi connectivity index (χ2v) is 7.14. The van der Waals surface area contributed by atoms with Gasteiger partial charge in [0.15, 0.2) is 0 Å². The van der Waals surface area contributed by atoms with Gasteiger partial charge >= 0.3 is 18.1 Å². The molecule has 172 valence electrons. The zero-order chi connectivity index (χ0) is 24.2. The van der Waals surface area contributed by atoms with Gasteiger partial charge in [0, 0.05) is 23.9 Å². The van der Waals surface area contributed by atoms with Gasteiger partial charge < -0.3 is 15.9 Å². The van der Waals surface area contributed by atoms with Gasteiger partial charge in [0.05, 0.1) is 11.6 Å². The predicted octanol–water partition coefficient (Wildman–Crippen LogP) is 2.82. The monoisotopic (exact) mass is 456 g/mol. The number of alkyl halides is 3. The maximum Gasteiger partial charge on any atom is 0.490 e. The Morgan fingerprint density at radius 2 is 1.59 bits per heavy atom. The lowest BCUT2D eigenvalue weighted by Crippen LogP contribution is -2.41. The van der Waals surface area contributed by atoms with Crippen LogP contribution < -0.4 is 5.73 Å². The van der Waals surface area contributed by atoms with Gasteiger partial charge in [-0.15, -0.1) is 0 Å². The van der Waals surface area contributed by atoms with Crippen molar-refractivity contribution in [2.24, 2.45) is 5.73 Å². The number of carboxylic acids is 2. The fourth-order valence-corrected chi connectivity index (χ4v) is 3.89. The smallest absolute Gasteiger partial charge is 0.478 e. The molecule has 0 aromatic heterocycles. The molecule has 1 heterocycles. The SMILES string of the molecule is CN1CC(c2c(F)cccc2C(=O)O)[C@H](c2ccccc2)[C@H]1C(N)=O.O=C(O)C(F)(F)F. The van der Waals surface area contributed by atoms with Gasteiger partial charge in [0.2, 0.25) is 5.91 Å². The summed E-state index contributed by atoms with van der Waals surface area (Å²) in [4.78, 5) is 34.3. The van der Waals surface area contributed by atoms with Gasteiger partial charge in [-0.2, -0.15) is 13.2 Å². The largest absolute Gasteiger partial charge is 0.490 e. The first-order valence-corrected chi connectivity index (χ1v) is 9.22. The van der Waals surface area contributed by atoms with Crippen molar-refractivity contribution in [3.8, 4) is 0 Å². The van der Waals surface area contributed by atoms with Crippen LogP contribution in [0.1, 0.15) is 33.3 Å². The molecule has 11 heteroatoms. The van der Waals surface area contributed by atoms with E-state index in [4.69, 9.17) is 15.6 Å². The van der Waals surface area contributed by atoms with Crippen LogP contribution in [0.25, 0.3) is 0 Å². The molecular formula is C21H20F4N2O5. The van der Waals surface area contributed by atoms with E-state index < -0.39 is 47.7 Å². The second kappa shape index (κ2) is 9.77. The van der Waals surface area contributed by atoms with Crippen LogP contribution in [-0.4, -0.2) is 58.8 Å². The number of amides is 1. The molecule has 1 aliphatic heterocycles. The van der Waals surface area contributed by atoms with E-state index in [9.17, 15) is 32.3 Å². The average Bonchev–Trinajstić information content (AvgIpc) is 3.05. The number of hydrogen-bond acceptors (Lipinski definition) is 4. The third-order valence-electron chi connectivity index (χ3n) is 5.11. The molecule has 1 unspecified atom stereocenters. The number of primary amides is 1. The number of nitrogens with zero attached hydrogens (tertiary/aromatic N) is 1. The minimum atomic E-state index is -5.08. The molecule has 0 bridgehead atoms. The number of carbonyl (C=O) groups excluding carboxylic acids is 1. The fourth-order valence-electron chi connectivity index (χ4n) is 3.89. The summed E-state index contributed by atoms with van der Waals surface area (Å²) in [5, 5.41) is 16.6. The maximum absolute atomic E-state index is 14.6. The number of rotatable bonds is 4. The second-order valence-electron chi connectivity index (χ2n) is 7.14. The fraction of sp³-hybridized carbons (Fsp3) is 0.286. The number of aliphatic carboxylic acids is 1. The number of carbonyl (C=O) groups is 3. The summed E-state index contributed by atoms with van der Waals surface area (Å²) in [5.74, 6) is -5.94. The number of halogens is 4. The topological polar surface area (TPSA) is 121 Å². The highest BCUT2D eigenvalue weighted by Gasteiger charge is 2.46. The Morgan fingerprint density at radius 3 is 2.06 bits per heavy atom. The minimum Gasteiger partial charge on any atom is -0.478 e. The van der Waals surface area contributed by atoms with Crippen molar-refractivity contribution in [1.82, 2.24) is 4.90 Å². The molecule has 3 atom stereocenters. The van der Waals surface area contributed by atoms with Gasteiger partial charge in [-0.05, 0) is 24.7 Å². The Bertz CT molecular complexity index is 997. The molecule has 0 saturated carbocycles. The van der Waals surface area contributed by atoms with Crippen LogP contribution in [0.5, 0.6) is 0 Å². The summed E-state index contributed by atoms with van der Waals surface area (Å²) in [6, 6.07) is 12.6. The lowest BCUT2D eigenvalue weighted by atomic mass is 9.78. The maximum atomic E-state index is 14.6. The summed E-state index contributed by atoms with van der Waals surface area (Å²) >= 11 is 0. The molecule has 0 spiro atoms. The van der Waals surface area contributed by atoms with E-state index in [0.717, 1.165) is 5.56 Å². The molecule has 7 nitrogen and oxygen atoms in total. The van der Waals surface area contributed by atoms with Crippen molar-refractivity contribution < 1.29 is 42.2 Å². The molecule has 2 aromatic carbocycles. The van der Waals surface area contributed by atoms with Crippen molar-refractivity contribution in [3.05, 3.63) is 71.0 Å². The van der Waals surface area contributed by atoms with Gasteiger partial charge in [0.1, 0.15) is 5.82 Å². The zero-order valence-electron chi connectivity index (χ0n) is 16.7. The molecule has 1 saturated heterocycles. The third kappa shape index (κ3) is 5.41. The Morgan fingerprint density at radius 1 is 1.03 bits per heavy atom. The summed E-state index contributed by atoms with van der Waals surface area (Å²) in [6.07, 6.45) is -5.08. The molecule has 1 fully saturated rings. The summed E-state index contributed by atoms with van der Waals surface area (Å²) in [7, 11) is 1.74. The van der Waals surface area contributed by atoms with Crippen LogP contribution in [0.3, 0.4) is 0 Å². The Labute approximate surface area is 180 Å². The van der Waals surface area contributed by atoms with Crippen molar-refractivity contribution in [3.63, 3.8) is 0 Å². The molecule has 0 aliphatic carbocycles. The van der Waals surface area contributed by atoms with Crippen molar-refractivity contribution in [1.29, 1.82) is 0 Å². The summed E-state index contributed by atoms with van der Waals surface area (Å²) < 4.78 is 46.3. The Balaban J connectivity index is 0.000000451. The van der Waals surface area contributed by atoms with Crippen LogP contribution in [-0.2, 0) is 9.59 Å². The number of likely N-dealkylation sites (N-methyl/N-ethyl adjacent to an activating group) is 1. The number of hydrogen-bond donors (Lipinski definition) is 3. The normalized spacial score (nSPS) is 20.8. The summed E-state index contributed by atoms with van der Waals surface area (Å²) in [5.41, 5.74) is 6.48. The first kappa shape index (κ1) is 24.8. The van der Waals surface area contributed by atoms with Crippen LogP contribution in [0.15, 0.2) is 48.5 Å². The lowest BCUT2D eigenvalue weighted by molar-refractivity contribution is -0.192. The average molecular weight is 456 g/mol. The first-order chi connectivity index (χ1) is 14.9. The molecule has 2 aromatic rings. The van der Waals surface area contributed by atoms with Crippen molar-refractivity contribution >= 4 is 17.8 Å². The van der Waals surface area contributed by atoms with Crippen LogP contribution in [0.2, 0.25) is 0 Å². The summed E-state index contributed by atoms with van der Waals surface area (Å²) in [6.45, 7) is 0.342. The van der Waals surface area contributed by atoms with E-state index in [2.05, 4.69) is 0 Å². The van der Waals surface area contributed by atoms with E-state index in [1.54, 1.807) is 11.9 Å². The highest BCUT2D eigenvalue weighted by molar-refractivity contribution is 5.90. The number of likely N-dealkylation sites (tertiary alicyclic amines) is 1. The van der Waals surface area contributed by atoms with Crippen LogP contribution in [0, 0.1) is 5.82 Å². The molecule has 3 rings (SSSR count). The lowest BCUT2D eigenvalue weighted by Gasteiger charge is -2.25. The number of aromatic carboxylic acids is 1. The number of carboxylic acid groups (broad SMARTS) is 2. The van der Waals surface area contributed by atoms with E-state index >= 15 is 0 Å². The Kier molecular flexibility index (Phi) is 7.57. The quantitative estimate of drug-likeness (QED) is 0.609. The highest BCUT2D eigenvalue weighted by atomic mass is 19.4. The molecule has 1 amide bonds. The van der Waals surface area contributed by atoms with Crippen LogP contribution in [0.4, 0.5) is 17.6 Å². The predicted molar refractivity (Wildman–Crippen MR) is 105 cm³/mol. The van der Waals surface area contributed by atoms with E-state index in [1.165, 1.54) is 18.2 Å². The van der Waals surface area contributed by atoms with Gasteiger partial charge in [0.25, 0.3) is 0 Å². The molecule has 1 aliphatic rings. The number of benzene rings is 2. The minimum absolute atomic E-state index is 0.0792.